The molecule has 2 unspecified atom stereocenters. The highest BCUT2D eigenvalue weighted by molar-refractivity contribution is 9.10. The van der Waals surface area contributed by atoms with Crippen molar-refractivity contribution in [1.29, 1.82) is 0 Å². The highest BCUT2D eigenvalue weighted by Gasteiger charge is 2.30. The Kier molecular flexibility index (Phi) is 5.70. The normalized spacial score (nSPS) is 23.2. The minimum Gasteiger partial charge on any atom is -0.330 e. The quantitative estimate of drug-likeness (QED) is 0.872. The van der Waals surface area contributed by atoms with E-state index in [1.54, 1.807) is 0 Å². The zero-order chi connectivity index (χ0) is 13.8. The largest absolute Gasteiger partial charge is 0.330 e. The highest BCUT2D eigenvalue weighted by Crippen LogP contribution is 2.31. The molecule has 4 heteroatoms. The van der Waals surface area contributed by atoms with Gasteiger partial charge in [0.05, 0.1) is 5.02 Å². The molecule has 1 aliphatic carbocycles. The van der Waals surface area contributed by atoms with E-state index in [4.69, 9.17) is 17.3 Å². The summed E-state index contributed by atoms with van der Waals surface area (Å²) < 4.78 is 0.976. The summed E-state index contributed by atoms with van der Waals surface area (Å²) >= 11 is 9.54. The maximum atomic E-state index is 6.05. The van der Waals surface area contributed by atoms with Crippen molar-refractivity contribution >= 4 is 27.5 Å². The van der Waals surface area contributed by atoms with Crippen LogP contribution in [0.15, 0.2) is 22.7 Å². The Morgan fingerprint density at radius 2 is 2.21 bits per heavy atom. The van der Waals surface area contributed by atoms with Crippen molar-refractivity contribution in [3.63, 3.8) is 0 Å². The zero-order valence-corrected chi connectivity index (χ0v) is 13.8. The molecule has 2 rings (SSSR count). The van der Waals surface area contributed by atoms with E-state index in [2.05, 4.69) is 39.9 Å². The van der Waals surface area contributed by atoms with Crippen LogP contribution in [0.5, 0.6) is 0 Å². The first-order valence-corrected chi connectivity index (χ1v) is 8.20. The molecule has 19 heavy (non-hydrogen) atoms. The van der Waals surface area contributed by atoms with Crippen molar-refractivity contribution < 1.29 is 0 Å². The monoisotopic (exact) mass is 344 g/mol. The molecule has 1 aromatic rings. The van der Waals surface area contributed by atoms with Gasteiger partial charge in [0.15, 0.2) is 0 Å². The Morgan fingerprint density at radius 1 is 1.42 bits per heavy atom. The molecule has 2 N–H and O–H groups in total. The number of hydrogen-bond acceptors (Lipinski definition) is 2. The molecule has 1 fully saturated rings. The van der Waals surface area contributed by atoms with E-state index >= 15 is 0 Å². The molecule has 2 atom stereocenters. The minimum absolute atomic E-state index is 0.643. The average Bonchev–Trinajstić information content (AvgIpc) is 2.88. The van der Waals surface area contributed by atoms with E-state index in [-0.39, 0.29) is 0 Å². The Hall–Kier alpha value is -0.0900. The first kappa shape index (κ1) is 15.3. The van der Waals surface area contributed by atoms with E-state index in [0.717, 1.165) is 29.1 Å². The fourth-order valence-corrected chi connectivity index (χ4v) is 3.65. The molecule has 0 spiro atoms. The SMILES string of the molecule is CCN(Cc1ccc(Cl)c(Br)c1)C1CCCC1CN. The summed E-state index contributed by atoms with van der Waals surface area (Å²) in [5.74, 6) is 0.663. The maximum Gasteiger partial charge on any atom is 0.0548 e. The maximum absolute atomic E-state index is 6.05. The topological polar surface area (TPSA) is 29.3 Å². The van der Waals surface area contributed by atoms with Crippen LogP contribution >= 0.6 is 27.5 Å². The Labute approximate surface area is 129 Å². The second-order valence-corrected chi connectivity index (χ2v) is 6.57. The molecule has 0 saturated heterocycles. The van der Waals surface area contributed by atoms with E-state index in [1.165, 1.54) is 24.8 Å². The first-order chi connectivity index (χ1) is 9.15. The molecule has 2 nitrogen and oxygen atoms in total. The summed E-state index contributed by atoms with van der Waals surface area (Å²) in [5.41, 5.74) is 7.21. The summed E-state index contributed by atoms with van der Waals surface area (Å²) in [6, 6.07) is 6.84. The van der Waals surface area contributed by atoms with Crippen LogP contribution in [0.1, 0.15) is 31.7 Å². The van der Waals surface area contributed by atoms with E-state index in [9.17, 15) is 0 Å². The third kappa shape index (κ3) is 3.72. The lowest BCUT2D eigenvalue weighted by atomic mass is 10.0. The van der Waals surface area contributed by atoms with Gasteiger partial charge in [-0.1, -0.05) is 31.0 Å². The van der Waals surface area contributed by atoms with Crippen molar-refractivity contribution in [2.75, 3.05) is 13.1 Å². The van der Waals surface area contributed by atoms with Crippen molar-refractivity contribution in [3.05, 3.63) is 33.3 Å². The van der Waals surface area contributed by atoms with Gasteiger partial charge in [-0.25, -0.2) is 0 Å². The summed E-state index contributed by atoms with van der Waals surface area (Å²) in [6.45, 7) is 5.09. The van der Waals surface area contributed by atoms with Crippen LogP contribution in [-0.4, -0.2) is 24.0 Å². The number of nitrogens with two attached hydrogens (primary N) is 1. The molecule has 0 amide bonds. The van der Waals surface area contributed by atoms with Gasteiger partial charge >= 0.3 is 0 Å². The molecular formula is C15H22BrClN2. The smallest absolute Gasteiger partial charge is 0.0548 e. The minimum atomic E-state index is 0.643. The molecule has 0 bridgehead atoms. The van der Waals surface area contributed by atoms with Crippen molar-refractivity contribution in [2.45, 2.75) is 38.8 Å². The number of hydrogen-bond donors (Lipinski definition) is 1. The van der Waals surface area contributed by atoms with Gasteiger partial charge in [0.25, 0.3) is 0 Å². The molecule has 0 aliphatic heterocycles. The zero-order valence-electron chi connectivity index (χ0n) is 11.4. The van der Waals surface area contributed by atoms with Crippen LogP contribution in [0.2, 0.25) is 5.02 Å². The summed E-state index contributed by atoms with van der Waals surface area (Å²) in [5, 5.41) is 0.771. The van der Waals surface area contributed by atoms with Crippen molar-refractivity contribution in [2.24, 2.45) is 11.7 Å². The fourth-order valence-electron chi connectivity index (χ4n) is 3.11. The van der Waals surface area contributed by atoms with Crippen LogP contribution in [0.4, 0.5) is 0 Å². The number of halogens is 2. The number of rotatable bonds is 5. The average molecular weight is 346 g/mol. The van der Waals surface area contributed by atoms with Gasteiger partial charge in [-0.05, 0) is 65.5 Å². The third-order valence-corrected chi connectivity index (χ3v) is 5.38. The van der Waals surface area contributed by atoms with Gasteiger partial charge in [0.2, 0.25) is 0 Å². The van der Waals surface area contributed by atoms with Crippen LogP contribution in [0.3, 0.4) is 0 Å². The highest BCUT2D eigenvalue weighted by atomic mass is 79.9. The van der Waals surface area contributed by atoms with Gasteiger partial charge in [-0.15, -0.1) is 0 Å². The fraction of sp³-hybridized carbons (Fsp3) is 0.600. The molecule has 0 heterocycles. The van der Waals surface area contributed by atoms with E-state index in [0.29, 0.717) is 12.0 Å². The molecule has 1 aromatic carbocycles. The number of benzene rings is 1. The standard InChI is InChI=1S/C15H22BrClN2/c1-2-19(15-5-3-4-12(15)9-18)10-11-6-7-14(17)13(16)8-11/h6-8,12,15H,2-5,9-10,18H2,1H3. The van der Waals surface area contributed by atoms with Gasteiger partial charge in [0, 0.05) is 17.1 Å². The summed E-state index contributed by atoms with van der Waals surface area (Å²) in [4.78, 5) is 2.56. The van der Waals surface area contributed by atoms with E-state index in [1.807, 2.05) is 6.07 Å². The van der Waals surface area contributed by atoms with E-state index < -0.39 is 0 Å². The lowest BCUT2D eigenvalue weighted by Gasteiger charge is -2.31. The molecular weight excluding hydrogens is 324 g/mol. The van der Waals surface area contributed by atoms with Gasteiger partial charge in [-0.2, -0.15) is 0 Å². The molecule has 106 valence electrons. The second-order valence-electron chi connectivity index (χ2n) is 5.31. The lowest BCUT2D eigenvalue weighted by Crippen LogP contribution is -2.39. The van der Waals surface area contributed by atoms with Crippen LogP contribution < -0.4 is 5.73 Å². The van der Waals surface area contributed by atoms with Gasteiger partial charge in [-0.3, -0.25) is 4.90 Å². The van der Waals surface area contributed by atoms with Crippen LogP contribution in [0.25, 0.3) is 0 Å². The Balaban J connectivity index is 2.08. The summed E-state index contributed by atoms with van der Waals surface area (Å²) in [6.07, 6.45) is 3.87. The number of nitrogens with zero attached hydrogens (tertiary/aromatic N) is 1. The molecule has 1 aliphatic rings. The predicted molar refractivity (Wildman–Crippen MR) is 85.4 cm³/mol. The van der Waals surface area contributed by atoms with Gasteiger partial charge < -0.3 is 5.73 Å². The lowest BCUT2D eigenvalue weighted by molar-refractivity contribution is 0.162. The Bertz CT molecular complexity index is 425. The van der Waals surface area contributed by atoms with Crippen LogP contribution in [-0.2, 0) is 6.54 Å². The van der Waals surface area contributed by atoms with Crippen molar-refractivity contribution in [1.82, 2.24) is 4.90 Å². The van der Waals surface area contributed by atoms with Crippen molar-refractivity contribution in [3.8, 4) is 0 Å². The predicted octanol–water partition coefficient (Wildman–Crippen LogP) is 4.05. The van der Waals surface area contributed by atoms with Gasteiger partial charge in [0.1, 0.15) is 0 Å². The molecule has 0 aromatic heterocycles. The third-order valence-electron chi connectivity index (χ3n) is 4.17. The van der Waals surface area contributed by atoms with Crippen LogP contribution in [0, 0.1) is 5.92 Å². The molecule has 0 radical (unpaired) electrons. The molecule has 1 saturated carbocycles. The second kappa shape index (κ2) is 7.07. The summed E-state index contributed by atoms with van der Waals surface area (Å²) in [7, 11) is 0. The first-order valence-electron chi connectivity index (χ1n) is 7.03. The Morgan fingerprint density at radius 3 is 2.84 bits per heavy atom.